The number of rotatable bonds is 7. The summed E-state index contributed by atoms with van der Waals surface area (Å²) in [5.74, 6) is -0.745. The minimum absolute atomic E-state index is 0.0396. The number of nitrogens with one attached hydrogen (secondary N) is 3. The van der Waals surface area contributed by atoms with Crippen LogP contribution in [0.3, 0.4) is 0 Å². The number of ether oxygens (including phenoxy) is 1. The number of hydrogen-bond donors (Lipinski definition) is 3. The van der Waals surface area contributed by atoms with Gasteiger partial charge in [-0.15, -0.1) is 13.2 Å². The van der Waals surface area contributed by atoms with Crippen LogP contribution < -0.4 is 25.7 Å². The summed E-state index contributed by atoms with van der Waals surface area (Å²) in [7, 11) is 0. The normalized spacial score (nSPS) is 14.4. The van der Waals surface area contributed by atoms with E-state index < -0.39 is 23.9 Å². The van der Waals surface area contributed by atoms with E-state index in [2.05, 4.69) is 40.8 Å². The van der Waals surface area contributed by atoms with Crippen molar-refractivity contribution in [2.75, 3.05) is 35.3 Å². The molecule has 16 heteroatoms. The Morgan fingerprint density at radius 2 is 1.74 bits per heavy atom. The molecule has 2 heterocycles. The van der Waals surface area contributed by atoms with E-state index in [0.29, 0.717) is 18.8 Å². The fourth-order valence-corrected chi connectivity index (χ4v) is 3.25. The molecule has 0 saturated carbocycles. The van der Waals surface area contributed by atoms with Gasteiger partial charge in [-0.3, -0.25) is 4.79 Å². The minimum Gasteiger partial charge on any atom is -0.406 e. The Kier molecular flexibility index (Phi) is 7.50. The number of anilines is 4. The van der Waals surface area contributed by atoms with Gasteiger partial charge in [0.15, 0.2) is 0 Å². The van der Waals surface area contributed by atoms with Crippen LogP contribution in [0, 0.1) is 0 Å². The van der Waals surface area contributed by atoms with Gasteiger partial charge in [-0.25, -0.2) is 5.43 Å². The standard InChI is InChI=1S/C22H18F6N8O2/c23-21(24,25)14-3-1-2-13(10-14)11-30-35-19-32-18(33-20(34-19)36-9-8-29-17(37)12-36)31-15-4-6-16(7-5-15)38-22(26,27)28/h1-7,10-11H,8-9,12H2,(H,29,37)(H2,31,32,33,34,35)/b30-11+. The average Bonchev–Trinajstić information content (AvgIpc) is 2.84. The van der Waals surface area contributed by atoms with Gasteiger partial charge in [-0.1, -0.05) is 12.1 Å². The van der Waals surface area contributed by atoms with Gasteiger partial charge in [0.25, 0.3) is 0 Å². The van der Waals surface area contributed by atoms with Gasteiger partial charge in [-0.05, 0) is 42.0 Å². The number of hydrogen-bond acceptors (Lipinski definition) is 9. The highest BCUT2D eigenvalue weighted by Crippen LogP contribution is 2.29. The Balaban J connectivity index is 1.55. The summed E-state index contributed by atoms with van der Waals surface area (Å²) in [5.41, 5.74) is 2.15. The molecular weight excluding hydrogens is 522 g/mol. The van der Waals surface area contributed by atoms with Crippen molar-refractivity contribution < 1.29 is 35.9 Å². The lowest BCUT2D eigenvalue weighted by Gasteiger charge is -2.26. The molecular formula is C22H18F6N8O2. The molecule has 0 atom stereocenters. The van der Waals surface area contributed by atoms with E-state index in [1.54, 1.807) is 4.90 Å². The molecule has 0 spiro atoms. The molecule has 1 fully saturated rings. The molecule has 2 aromatic carbocycles. The third kappa shape index (κ3) is 7.44. The molecule has 200 valence electrons. The van der Waals surface area contributed by atoms with E-state index in [4.69, 9.17) is 0 Å². The molecule has 3 aromatic rings. The number of nitrogens with zero attached hydrogens (tertiary/aromatic N) is 5. The Morgan fingerprint density at radius 1 is 1.00 bits per heavy atom. The van der Waals surface area contributed by atoms with Crippen LogP contribution in [0.4, 0.5) is 49.9 Å². The van der Waals surface area contributed by atoms with Crippen molar-refractivity contribution in [3.63, 3.8) is 0 Å². The van der Waals surface area contributed by atoms with Crippen molar-refractivity contribution in [1.82, 2.24) is 20.3 Å². The molecule has 4 rings (SSSR count). The number of amides is 1. The Bertz CT molecular complexity index is 1310. The first-order valence-corrected chi connectivity index (χ1v) is 10.8. The second-order valence-corrected chi connectivity index (χ2v) is 7.74. The average molecular weight is 540 g/mol. The summed E-state index contributed by atoms with van der Waals surface area (Å²) < 4.78 is 79.8. The van der Waals surface area contributed by atoms with Crippen LogP contribution in [0.15, 0.2) is 53.6 Å². The number of carbonyl (C=O) groups excluding carboxylic acids is 1. The maximum atomic E-state index is 12.9. The van der Waals surface area contributed by atoms with Crippen LogP contribution in [0.5, 0.6) is 5.75 Å². The van der Waals surface area contributed by atoms with Crippen LogP contribution in [-0.2, 0) is 11.0 Å². The maximum absolute atomic E-state index is 12.9. The van der Waals surface area contributed by atoms with Gasteiger partial charge in [-0.2, -0.15) is 33.2 Å². The molecule has 0 unspecified atom stereocenters. The first-order chi connectivity index (χ1) is 17.9. The third-order valence-corrected chi connectivity index (χ3v) is 4.88. The zero-order valence-electron chi connectivity index (χ0n) is 19.1. The Morgan fingerprint density at radius 3 is 2.42 bits per heavy atom. The van der Waals surface area contributed by atoms with Crippen molar-refractivity contribution in [2.45, 2.75) is 12.5 Å². The summed E-state index contributed by atoms with van der Waals surface area (Å²) in [6, 6.07) is 9.28. The zero-order chi connectivity index (χ0) is 27.3. The topological polar surface area (TPSA) is 117 Å². The van der Waals surface area contributed by atoms with E-state index in [0.717, 1.165) is 30.5 Å². The highest BCUT2D eigenvalue weighted by molar-refractivity contribution is 5.82. The number of piperazine rings is 1. The lowest BCUT2D eigenvalue weighted by atomic mass is 10.1. The van der Waals surface area contributed by atoms with Crippen molar-refractivity contribution in [1.29, 1.82) is 0 Å². The number of alkyl halides is 6. The van der Waals surface area contributed by atoms with Crippen LogP contribution >= 0.6 is 0 Å². The molecule has 0 bridgehead atoms. The molecule has 38 heavy (non-hydrogen) atoms. The molecule has 1 aliphatic rings. The highest BCUT2D eigenvalue weighted by Gasteiger charge is 2.31. The molecule has 10 nitrogen and oxygen atoms in total. The van der Waals surface area contributed by atoms with Crippen molar-refractivity contribution >= 4 is 35.7 Å². The van der Waals surface area contributed by atoms with Crippen molar-refractivity contribution in [2.24, 2.45) is 5.10 Å². The van der Waals surface area contributed by atoms with Gasteiger partial charge < -0.3 is 20.3 Å². The number of hydrazone groups is 1. The minimum atomic E-state index is -4.84. The Hall–Kier alpha value is -4.63. The van der Waals surface area contributed by atoms with Gasteiger partial charge in [0.2, 0.25) is 23.8 Å². The van der Waals surface area contributed by atoms with Crippen LogP contribution in [0.2, 0.25) is 0 Å². The predicted octanol–water partition coefficient (Wildman–Crippen LogP) is 3.91. The van der Waals surface area contributed by atoms with Gasteiger partial charge in [0.1, 0.15) is 5.75 Å². The molecule has 0 radical (unpaired) electrons. The SMILES string of the molecule is O=C1CN(c2nc(N/N=C/c3cccc(C(F)(F)F)c3)nc(Nc3ccc(OC(F)(F)F)cc3)n2)CCN1. The lowest BCUT2D eigenvalue weighted by Crippen LogP contribution is -2.48. The van der Waals surface area contributed by atoms with Crippen molar-refractivity contribution in [3.8, 4) is 5.75 Å². The van der Waals surface area contributed by atoms with Gasteiger partial charge >= 0.3 is 12.5 Å². The summed E-state index contributed by atoms with van der Waals surface area (Å²) in [5, 5.41) is 9.36. The van der Waals surface area contributed by atoms with E-state index in [9.17, 15) is 31.1 Å². The molecule has 0 aliphatic carbocycles. The third-order valence-electron chi connectivity index (χ3n) is 4.88. The zero-order valence-corrected chi connectivity index (χ0v) is 19.1. The smallest absolute Gasteiger partial charge is 0.406 e. The number of carbonyl (C=O) groups is 1. The van der Waals surface area contributed by atoms with E-state index in [1.165, 1.54) is 24.3 Å². The fourth-order valence-electron chi connectivity index (χ4n) is 3.25. The van der Waals surface area contributed by atoms with E-state index >= 15 is 0 Å². The first kappa shape index (κ1) is 26.4. The largest absolute Gasteiger partial charge is 0.573 e. The van der Waals surface area contributed by atoms with E-state index in [1.807, 2.05) is 0 Å². The second kappa shape index (κ2) is 10.8. The molecule has 1 amide bonds. The molecule has 1 saturated heterocycles. The lowest BCUT2D eigenvalue weighted by molar-refractivity contribution is -0.274. The quantitative estimate of drug-likeness (QED) is 0.235. The van der Waals surface area contributed by atoms with E-state index in [-0.39, 0.29) is 35.9 Å². The molecule has 1 aliphatic heterocycles. The summed E-state index contributed by atoms with van der Waals surface area (Å²) in [6.45, 7) is 0.676. The van der Waals surface area contributed by atoms with Gasteiger partial charge in [0.05, 0.1) is 18.3 Å². The molecule has 3 N–H and O–H groups in total. The van der Waals surface area contributed by atoms with Crippen LogP contribution in [0.25, 0.3) is 0 Å². The Labute approximate surface area is 210 Å². The summed E-state index contributed by atoms with van der Waals surface area (Å²) in [4.78, 5) is 26.0. The first-order valence-electron chi connectivity index (χ1n) is 10.8. The van der Waals surface area contributed by atoms with Crippen molar-refractivity contribution in [3.05, 3.63) is 59.7 Å². The highest BCUT2D eigenvalue weighted by atomic mass is 19.4. The summed E-state index contributed by atoms with van der Waals surface area (Å²) >= 11 is 0. The van der Waals surface area contributed by atoms with Gasteiger partial charge in [0, 0.05) is 18.8 Å². The number of benzene rings is 2. The predicted molar refractivity (Wildman–Crippen MR) is 124 cm³/mol. The fraction of sp³-hybridized carbons (Fsp3) is 0.227. The summed E-state index contributed by atoms with van der Waals surface area (Å²) in [6.07, 6.45) is -8.22. The monoisotopic (exact) mass is 540 g/mol. The second-order valence-electron chi connectivity index (χ2n) is 7.74. The molecule has 1 aromatic heterocycles. The van der Waals surface area contributed by atoms with Crippen LogP contribution in [-0.4, -0.2) is 53.1 Å². The van der Waals surface area contributed by atoms with Crippen LogP contribution in [0.1, 0.15) is 11.1 Å². The number of aromatic nitrogens is 3. The number of halogens is 6. The maximum Gasteiger partial charge on any atom is 0.573 e.